The van der Waals surface area contributed by atoms with Gasteiger partial charge in [0.2, 0.25) is 12.0 Å². The Balaban J connectivity index is 1.83. The third-order valence-electron chi connectivity index (χ3n) is 4.36. The highest BCUT2D eigenvalue weighted by Gasteiger charge is 2.29. The molecule has 0 radical (unpaired) electrons. The minimum atomic E-state index is -1.14. The number of anilines is 1. The summed E-state index contributed by atoms with van der Waals surface area (Å²) in [6, 6.07) is 14.5. The molecule has 0 unspecified atom stereocenters. The number of carbonyl (C=O) groups is 3. The summed E-state index contributed by atoms with van der Waals surface area (Å²) in [6.45, 7) is 3.82. The summed E-state index contributed by atoms with van der Waals surface area (Å²) in [4.78, 5) is 36.6. The fraction of sp³-hybridized carbons (Fsp3) is 0.238. The van der Waals surface area contributed by atoms with Gasteiger partial charge in [0.05, 0.1) is 0 Å². The second kappa shape index (κ2) is 8.47. The molecule has 0 saturated heterocycles. The van der Waals surface area contributed by atoms with Gasteiger partial charge in [-0.3, -0.25) is 9.59 Å². The lowest BCUT2D eigenvalue weighted by Gasteiger charge is -2.20. The molecule has 28 heavy (non-hydrogen) atoms. The molecule has 1 aliphatic rings. The van der Waals surface area contributed by atoms with E-state index in [9.17, 15) is 14.4 Å². The lowest BCUT2D eigenvalue weighted by Crippen LogP contribution is -2.33. The lowest BCUT2D eigenvalue weighted by atomic mass is 10.1. The molecular formula is C21H21N3O4. The zero-order valence-electron chi connectivity index (χ0n) is 15.7. The Kier molecular flexibility index (Phi) is 5.84. The number of ether oxygens (including phenoxy) is 1. The van der Waals surface area contributed by atoms with Crippen LogP contribution in [0.2, 0.25) is 0 Å². The van der Waals surface area contributed by atoms with E-state index in [2.05, 4.69) is 15.8 Å². The Hall–Kier alpha value is -3.48. The van der Waals surface area contributed by atoms with Crippen LogP contribution in [0.15, 0.2) is 53.6 Å². The van der Waals surface area contributed by atoms with Crippen LogP contribution in [0, 0.1) is 13.8 Å². The number of benzene rings is 2. The predicted octanol–water partition coefficient (Wildman–Crippen LogP) is 2.79. The first-order valence-corrected chi connectivity index (χ1v) is 8.93. The predicted molar refractivity (Wildman–Crippen MR) is 105 cm³/mol. The summed E-state index contributed by atoms with van der Waals surface area (Å²) >= 11 is 0. The Morgan fingerprint density at radius 1 is 1.11 bits per heavy atom. The number of esters is 1. The lowest BCUT2D eigenvalue weighted by molar-refractivity contribution is -0.148. The molecule has 1 heterocycles. The van der Waals surface area contributed by atoms with Crippen LogP contribution >= 0.6 is 0 Å². The van der Waals surface area contributed by atoms with E-state index in [1.807, 2.05) is 38.1 Å². The number of hydrogen-bond donors (Lipinski definition) is 2. The second-order valence-corrected chi connectivity index (χ2v) is 6.60. The number of nitrogens with zero attached hydrogens (tertiary/aromatic N) is 1. The van der Waals surface area contributed by atoms with Gasteiger partial charge in [0, 0.05) is 24.1 Å². The maximum absolute atomic E-state index is 12.9. The van der Waals surface area contributed by atoms with Gasteiger partial charge in [-0.05, 0) is 31.0 Å². The highest BCUT2D eigenvalue weighted by Crippen LogP contribution is 2.23. The molecule has 2 aromatic carbocycles. The first-order chi connectivity index (χ1) is 13.4. The molecule has 0 bridgehead atoms. The minimum Gasteiger partial charge on any atom is -0.443 e. The first-order valence-electron chi connectivity index (χ1n) is 8.93. The van der Waals surface area contributed by atoms with E-state index in [1.165, 1.54) is 0 Å². The fourth-order valence-electron chi connectivity index (χ4n) is 2.77. The average Bonchev–Trinajstić information content (AvgIpc) is 2.70. The standard InChI is InChI=1S/C21H21N3O4/c1-13-8-9-14(2)17(12-13)22-20(26)19(15-6-4-3-5-7-15)28-21(27)16-10-11-18(25)24-23-16/h3-9,12,19H,10-11H2,1-2H3,(H,22,26)(H,24,25)/t19-/m0/s1. The van der Waals surface area contributed by atoms with E-state index in [1.54, 1.807) is 24.3 Å². The van der Waals surface area contributed by atoms with Gasteiger partial charge in [0.1, 0.15) is 5.71 Å². The summed E-state index contributed by atoms with van der Waals surface area (Å²) in [5, 5.41) is 6.58. The van der Waals surface area contributed by atoms with Crippen LogP contribution in [0.3, 0.4) is 0 Å². The maximum atomic E-state index is 12.9. The smallest absolute Gasteiger partial charge is 0.355 e. The second-order valence-electron chi connectivity index (χ2n) is 6.60. The molecule has 144 valence electrons. The quantitative estimate of drug-likeness (QED) is 0.781. The van der Waals surface area contributed by atoms with Crippen LogP contribution in [0.1, 0.15) is 35.6 Å². The van der Waals surface area contributed by atoms with Crippen molar-refractivity contribution >= 4 is 29.2 Å². The zero-order chi connectivity index (χ0) is 20.1. The van der Waals surface area contributed by atoms with E-state index < -0.39 is 18.0 Å². The van der Waals surface area contributed by atoms with Crippen LogP contribution in [-0.2, 0) is 19.1 Å². The first kappa shape index (κ1) is 19.3. The van der Waals surface area contributed by atoms with Crippen molar-refractivity contribution in [2.45, 2.75) is 32.8 Å². The van der Waals surface area contributed by atoms with Crippen molar-refractivity contribution < 1.29 is 19.1 Å². The van der Waals surface area contributed by atoms with E-state index in [4.69, 9.17) is 4.74 Å². The Morgan fingerprint density at radius 2 is 1.86 bits per heavy atom. The molecule has 2 aromatic rings. The van der Waals surface area contributed by atoms with Gasteiger partial charge in [-0.15, -0.1) is 0 Å². The molecule has 1 atom stereocenters. The third-order valence-corrected chi connectivity index (χ3v) is 4.36. The van der Waals surface area contributed by atoms with Crippen LogP contribution in [0.25, 0.3) is 0 Å². The number of hydrogen-bond acceptors (Lipinski definition) is 5. The van der Waals surface area contributed by atoms with Crippen molar-refractivity contribution in [1.82, 2.24) is 5.43 Å². The fourth-order valence-corrected chi connectivity index (χ4v) is 2.77. The molecule has 0 fully saturated rings. The van der Waals surface area contributed by atoms with Crippen molar-refractivity contribution in [2.75, 3.05) is 5.32 Å². The number of amides is 2. The van der Waals surface area contributed by atoms with Gasteiger partial charge < -0.3 is 10.1 Å². The molecule has 0 spiro atoms. The topological polar surface area (TPSA) is 96.9 Å². The van der Waals surface area contributed by atoms with E-state index in [0.717, 1.165) is 11.1 Å². The minimum absolute atomic E-state index is 0.0834. The zero-order valence-corrected chi connectivity index (χ0v) is 15.7. The van der Waals surface area contributed by atoms with Gasteiger partial charge in [-0.1, -0.05) is 42.5 Å². The normalized spacial score (nSPS) is 14.5. The maximum Gasteiger partial charge on any atom is 0.355 e. The van der Waals surface area contributed by atoms with Crippen molar-refractivity contribution in [3.63, 3.8) is 0 Å². The van der Waals surface area contributed by atoms with Crippen molar-refractivity contribution in [2.24, 2.45) is 5.10 Å². The number of hydrazone groups is 1. The number of nitrogens with one attached hydrogen (secondary N) is 2. The van der Waals surface area contributed by atoms with Gasteiger partial charge in [-0.25, -0.2) is 10.2 Å². The molecule has 0 aromatic heterocycles. The van der Waals surface area contributed by atoms with Gasteiger partial charge in [0.15, 0.2) is 0 Å². The van der Waals surface area contributed by atoms with Crippen LogP contribution in [0.5, 0.6) is 0 Å². The highest BCUT2D eigenvalue weighted by atomic mass is 16.5. The van der Waals surface area contributed by atoms with E-state index in [-0.39, 0.29) is 24.5 Å². The summed E-state index contributed by atoms with van der Waals surface area (Å²) in [6.07, 6.45) is -0.822. The number of rotatable bonds is 5. The van der Waals surface area contributed by atoms with E-state index >= 15 is 0 Å². The molecule has 3 rings (SSSR count). The summed E-state index contributed by atoms with van der Waals surface area (Å²) in [7, 11) is 0. The summed E-state index contributed by atoms with van der Waals surface area (Å²) < 4.78 is 5.48. The van der Waals surface area contributed by atoms with Crippen molar-refractivity contribution in [3.05, 3.63) is 65.2 Å². The Morgan fingerprint density at radius 3 is 2.54 bits per heavy atom. The molecular weight excluding hydrogens is 358 g/mol. The Bertz CT molecular complexity index is 938. The average molecular weight is 379 g/mol. The van der Waals surface area contributed by atoms with Crippen LogP contribution < -0.4 is 10.7 Å². The van der Waals surface area contributed by atoms with Crippen LogP contribution in [-0.4, -0.2) is 23.5 Å². The SMILES string of the molecule is Cc1ccc(C)c(NC(=O)[C@@H](OC(=O)C2=NNC(=O)CC2)c2ccccc2)c1. The summed E-state index contributed by atoms with van der Waals surface area (Å²) in [5.74, 6) is -1.46. The molecule has 0 saturated carbocycles. The van der Waals surface area contributed by atoms with Crippen LogP contribution in [0.4, 0.5) is 5.69 Å². The third kappa shape index (κ3) is 4.62. The van der Waals surface area contributed by atoms with Gasteiger partial charge >= 0.3 is 5.97 Å². The molecule has 7 nitrogen and oxygen atoms in total. The molecule has 0 aliphatic carbocycles. The largest absolute Gasteiger partial charge is 0.443 e. The number of aryl methyl sites for hydroxylation is 2. The molecule has 2 amide bonds. The van der Waals surface area contributed by atoms with E-state index in [0.29, 0.717) is 11.3 Å². The Labute approximate surface area is 162 Å². The monoisotopic (exact) mass is 379 g/mol. The van der Waals surface area contributed by atoms with Crippen molar-refractivity contribution in [3.8, 4) is 0 Å². The molecule has 2 N–H and O–H groups in total. The van der Waals surface area contributed by atoms with Gasteiger partial charge in [-0.2, -0.15) is 5.10 Å². The highest BCUT2D eigenvalue weighted by molar-refractivity contribution is 6.37. The molecule has 1 aliphatic heterocycles. The number of carbonyl (C=O) groups excluding carboxylic acids is 3. The summed E-state index contributed by atoms with van der Waals surface area (Å²) in [5.41, 5.74) is 5.44. The molecule has 7 heteroatoms. The van der Waals surface area contributed by atoms with Crippen molar-refractivity contribution in [1.29, 1.82) is 0 Å². The van der Waals surface area contributed by atoms with Gasteiger partial charge in [0.25, 0.3) is 5.91 Å².